The molecule has 3 nitrogen and oxygen atoms in total. The molecule has 0 aliphatic heterocycles. The van der Waals surface area contributed by atoms with E-state index in [4.69, 9.17) is 4.99 Å². The van der Waals surface area contributed by atoms with Gasteiger partial charge < -0.3 is 0 Å². The normalized spacial score (nSPS) is 13.1. The Labute approximate surface area is 158 Å². The molecule has 0 N–H and O–H groups in total. The average molecular weight is 364 g/mol. The minimum Gasteiger partial charge on any atom is -0.256 e. The Balaban J connectivity index is 2.35. The SMILES string of the molecule is Cc1cccc(C)c1N=C/C(=C/N=Nc1c(C)cccc1C)[Si](C)(C)C. The Morgan fingerprint density at radius 2 is 1.23 bits per heavy atom. The molecule has 2 aromatic carbocycles. The number of hydrogen-bond acceptors (Lipinski definition) is 3. The Morgan fingerprint density at radius 3 is 1.69 bits per heavy atom. The molecular formula is C22H29N3Si. The third kappa shape index (κ3) is 5.08. The Bertz CT molecular complexity index is 831. The minimum absolute atomic E-state index is 0.949. The molecule has 0 bridgehead atoms. The summed E-state index contributed by atoms with van der Waals surface area (Å²) < 4.78 is 0. The fourth-order valence-corrected chi connectivity index (χ4v) is 3.57. The second kappa shape index (κ2) is 8.36. The van der Waals surface area contributed by atoms with Crippen LogP contribution in [-0.2, 0) is 0 Å². The van der Waals surface area contributed by atoms with E-state index in [9.17, 15) is 0 Å². The van der Waals surface area contributed by atoms with E-state index in [0.717, 1.165) is 22.5 Å². The predicted octanol–water partition coefficient (Wildman–Crippen LogP) is 7.17. The van der Waals surface area contributed by atoms with Crippen LogP contribution in [0, 0.1) is 27.7 Å². The number of benzene rings is 2. The zero-order chi connectivity index (χ0) is 19.3. The van der Waals surface area contributed by atoms with E-state index >= 15 is 0 Å². The molecule has 0 unspecified atom stereocenters. The first kappa shape index (κ1) is 20.0. The van der Waals surface area contributed by atoms with E-state index in [1.54, 1.807) is 0 Å². The lowest BCUT2D eigenvalue weighted by atomic mass is 10.1. The maximum absolute atomic E-state index is 4.77. The summed E-state index contributed by atoms with van der Waals surface area (Å²) in [4.78, 5) is 4.77. The van der Waals surface area contributed by atoms with E-state index in [1.807, 2.05) is 18.5 Å². The number of nitrogens with zero attached hydrogens (tertiary/aromatic N) is 3. The predicted molar refractivity (Wildman–Crippen MR) is 116 cm³/mol. The number of allylic oxidation sites excluding steroid dienone is 1. The second-order valence-electron chi connectivity index (χ2n) is 7.79. The number of para-hydroxylation sites is 1. The standard InChI is InChI=1S/C22H29N3Si/c1-16-10-8-11-17(2)21(16)23-14-20(26(5,6)7)15-24-25-22-18(3)12-9-13-19(22)4/h8-15H,1-7H3/b20-15-,23-14?,25-24?. The van der Waals surface area contributed by atoms with Gasteiger partial charge in [-0.25, -0.2) is 0 Å². The number of hydrogen-bond donors (Lipinski definition) is 0. The summed E-state index contributed by atoms with van der Waals surface area (Å²) in [7, 11) is -1.58. The molecule has 0 spiro atoms. The van der Waals surface area contributed by atoms with Crippen molar-refractivity contribution in [3.05, 3.63) is 70.0 Å². The summed E-state index contributed by atoms with van der Waals surface area (Å²) in [6.45, 7) is 15.2. The molecule has 26 heavy (non-hydrogen) atoms. The highest BCUT2D eigenvalue weighted by molar-refractivity contribution is 6.86. The first-order valence-corrected chi connectivity index (χ1v) is 12.5. The van der Waals surface area contributed by atoms with Gasteiger partial charge in [0.15, 0.2) is 0 Å². The monoisotopic (exact) mass is 363 g/mol. The molecule has 0 aromatic heterocycles. The highest BCUT2D eigenvalue weighted by atomic mass is 28.3. The summed E-state index contributed by atoms with van der Waals surface area (Å²) >= 11 is 0. The van der Waals surface area contributed by atoms with Gasteiger partial charge in [-0.05, 0) is 55.1 Å². The van der Waals surface area contributed by atoms with Crippen molar-refractivity contribution in [1.29, 1.82) is 0 Å². The largest absolute Gasteiger partial charge is 0.256 e. The molecule has 0 amide bonds. The average Bonchev–Trinajstić information content (AvgIpc) is 2.54. The van der Waals surface area contributed by atoms with Gasteiger partial charge in [-0.3, -0.25) is 4.99 Å². The minimum atomic E-state index is -1.58. The van der Waals surface area contributed by atoms with Crippen molar-refractivity contribution in [1.82, 2.24) is 0 Å². The van der Waals surface area contributed by atoms with Crippen molar-refractivity contribution in [2.45, 2.75) is 47.3 Å². The molecule has 136 valence electrons. The van der Waals surface area contributed by atoms with Gasteiger partial charge in [0.2, 0.25) is 0 Å². The summed E-state index contributed by atoms with van der Waals surface area (Å²) in [5.41, 5.74) is 6.65. The Kier molecular flexibility index (Phi) is 6.43. The van der Waals surface area contributed by atoms with Gasteiger partial charge in [0.25, 0.3) is 0 Å². The van der Waals surface area contributed by atoms with Crippen molar-refractivity contribution in [2.75, 3.05) is 0 Å². The maximum atomic E-state index is 4.77. The van der Waals surface area contributed by atoms with Crippen LogP contribution >= 0.6 is 0 Å². The van der Waals surface area contributed by atoms with Gasteiger partial charge in [0.05, 0.1) is 25.6 Å². The highest BCUT2D eigenvalue weighted by Gasteiger charge is 2.18. The van der Waals surface area contributed by atoms with Crippen LogP contribution in [0.1, 0.15) is 22.3 Å². The van der Waals surface area contributed by atoms with E-state index in [0.29, 0.717) is 0 Å². The molecule has 2 rings (SSSR count). The first-order chi connectivity index (χ1) is 12.2. The quantitative estimate of drug-likeness (QED) is 0.307. The molecule has 0 aliphatic rings. The molecule has 0 radical (unpaired) electrons. The van der Waals surface area contributed by atoms with E-state index in [1.165, 1.54) is 16.3 Å². The first-order valence-electron chi connectivity index (χ1n) is 8.98. The third-order valence-electron chi connectivity index (χ3n) is 4.43. The van der Waals surface area contributed by atoms with Gasteiger partial charge in [-0.2, -0.15) is 10.2 Å². The van der Waals surface area contributed by atoms with Crippen molar-refractivity contribution >= 4 is 25.7 Å². The topological polar surface area (TPSA) is 37.1 Å². The Morgan fingerprint density at radius 1 is 0.769 bits per heavy atom. The van der Waals surface area contributed by atoms with Gasteiger partial charge in [-0.15, -0.1) is 0 Å². The van der Waals surface area contributed by atoms with E-state index in [2.05, 4.69) is 87.9 Å². The van der Waals surface area contributed by atoms with Crippen molar-refractivity contribution < 1.29 is 0 Å². The summed E-state index contributed by atoms with van der Waals surface area (Å²) in [5.74, 6) is 0. The smallest absolute Gasteiger partial charge is 0.0915 e. The summed E-state index contributed by atoms with van der Waals surface area (Å²) in [5, 5.41) is 10.0. The number of rotatable bonds is 5. The van der Waals surface area contributed by atoms with E-state index in [-0.39, 0.29) is 0 Å². The number of aryl methyl sites for hydroxylation is 4. The van der Waals surface area contributed by atoms with Crippen molar-refractivity contribution in [3.8, 4) is 0 Å². The number of aliphatic imine (C=N–C) groups is 1. The summed E-state index contributed by atoms with van der Waals surface area (Å²) in [6, 6.07) is 12.4. The van der Waals surface area contributed by atoms with Crippen LogP contribution < -0.4 is 0 Å². The van der Waals surface area contributed by atoms with Crippen LogP contribution in [0.15, 0.2) is 63.0 Å². The van der Waals surface area contributed by atoms with Crippen molar-refractivity contribution in [2.24, 2.45) is 15.2 Å². The van der Waals surface area contributed by atoms with Crippen LogP contribution in [0.2, 0.25) is 19.6 Å². The molecule has 0 aliphatic carbocycles. The molecule has 4 heteroatoms. The maximum Gasteiger partial charge on any atom is 0.0915 e. The molecule has 0 saturated heterocycles. The molecular weight excluding hydrogens is 334 g/mol. The van der Waals surface area contributed by atoms with Gasteiger partial charge in [0, 0.05) is 6.21 Å². The molecule has 0 atom stereocenters. The van der Waals surface area contributed by atoms with Crippen LogP contribution in [0.5, 0.6) is 0 Å². The summed E-state index contributed by atoms with van der Waals surface area (Å²) in [6.07, 6.45) is 3.86. The van der Waals surface area contributed by atoms with Crippen LogP contribution in [-0.4, -0.2) is 14.3 Å². The Hall–Kier alpha value is -2.33. The van der Waals surface area contributed by atoms with Gasteiger partial charge >= 0.3 is 0 Å². The van der Waals surface area contributed by atoms with Crippen LogP contribution in [0.25, 0.3) is 0 Å². The zero-order valence-corrected chi connectivity index (χ0v) is 18.0. The molecule has 2 aromatic rings. The lowest BCUT2D eigenvalue weighted by Crippen LogP contribution is -2.24. The zero-order valence-electron chi connectivity index (χ0n) is 17.0. The second-order valence-corrected chi connectivity index (χ2v) is 12.9. The molecule has 0 saturated carbocycles. The fourth-order valence-electron chi connectivity index (χ4n) is 2.68. The van der Waals surface area contributed by atoms with E-state index < -0.39 is 8.07 Å². The van der Waals surface area contributed by atoms with Gasteiger partial charge in [0.1, 0.15) is 0 Å². The van der Waals surface area contributed by atoms with Crippen LogP contribution in [0.3, 0.4) is 0 Å². The molecule has 0 fully saturated rings. The van der Waals surface area contributed by atoms with Crippen LogP contribution in [0.4, 0.5) is 11.4 Å². The number of azo groups is 1. The van der Waals surface area contributed by atoms with Crippen molar-refractivity contribution in [3.63, 3.8) is 0 Å². The highest BCUT2D eigenvalue weighted by Crippen LogP contribution is 2.25. The third-order valence-corrected chi connectivity index (χ3v) is 6.42. The van der Waals surface area contributed by atoms with Gasteiger partial charge in [-0.1, -0.05) is 56.0 Å². The lowest BCUT2D eigenvalue weighted by molar-refractivity contribution is 1.18. The fraction of sp³-hybridized carbons (Fsp3) is 0.318. The lowest BCUT2D eigenvalue weighted by Gasteiger charge is -2.16. The molecule has 0 heterocycles.